The number of hydrogen-bond donors (Lipinski definition) is 1. The van der Waals surface area contributed by atoms with Crippen molar-refractivity contribution in [3.8, 4) is 0 Å². The monoisotopic (exact) mass is 302 g/mol. The third-order valence-electron chi connectivity index (χ3n) is 3.09. The topological polar surface area (TPSA) is 70.5 Å². The molecule has 1 aliphatic heterocycles. The molecule has 1 amide bonds. The van der Waals surface area contributed by atoms with Crippen molar-refractivity contribution in [2.24, 2.45) is 0 Å². The molecule has 1 aliphatic rings. The minimum absolute atomic E-state index is 0.0403. The highest BCUT2D eigenvalue weighted by molar-refractivity contribution is 6.34. The van der Waals surface area contributed by atoms with Gasteiger partial charge in [0, 0.05) is 12.6 Å². The van der Waals surface area contributed by atoms with Gasteiger partial charge in [-0.25, -0.2) is 4.98 Å². The number of amides is 1. The smallest absolute Gasteiger partial charge is 0.305 e. The van der Waals surface area contributed by atoms with Crippen molar-refractivity contribution in [3.05, 3.63) is 28.0 Å². The summed E-state index contributed by atoms with van der Waals surface area (Å²) in [5, 5.41) is 9.09. The zero-order valence-electron chi connectivity index (χ0n) is 9.97. The lowest BCUT2D eigenvalue weighted by molar-refractivity contribution is -0.137. The Balaban J connectivity index is 2.20. The number of carboxylic acids is 1. The normalized spacial score (nSPS) is 18.6. The summed E-state index contributed by atoms with van der Waals surface area (Å²) in [7, 11) is 0. The second-order valence-corrected chi connectivity index (χ2v) is 5.11. The summed E-state index contributed by atoms with van der Waals surface area (Å²) < 4.78 is 0. The summed E-state index contributed by atoms with van der Waals surface area (Å²) in [5.74, 6) is -1.21. The van der Waals surface area contributed by atoms with E-state index in [0.29, 0.717) is 13.0 Å². The van der Waals surface area contributed by atoms with Gasteiger partial charge in [-0.05, 0) is 25.0 Å². The van der Waals surface area contributed by atoms with Crippen LogP contribution < -0.4 is 0 Å². The van der Waals surface area contributed by atoms with Gasteiger partial charge in [0.15, 0.2) is 0 Å². The summed E-state index contributed by atoms with van der Waals surface area (Å²) in [5.41, 5.74) is 0.253. The van der Waals surface area contributed by atoms with Crippen LogP contribution in [0.25, 0.3) is 0 Å². The number of likely N-dealkylation sites (tertiary alicyclic amines) is 1. The second kappa shape index (κ2) is 5.75. The highest BCUT2D eigenvalue weighted by Gasteiger charge is 2.32. The van der Waals surface area contributed by atoms with E-state index in [4.69, 9.17) is 28.3 Å². The van der Waals surface area contributed by atoms with Crippen molar-refractivity contribution in [1.82, 2.24) is 9.88 Å². The molecule has 2 heterocycles. The Bertz CT molecular complexity index is 522. The summed E-state index contributed by atoms with van der Waals surface area (Å²) in [6, 6.07) is 2.72. The van der Waals surface area contributed by atoms with E-state index < -0.39 is 5.97 Å². The maximum Gasteiger partial charge on any atom is 0.305 e. The van der Waals surface area contributed by atoms with Gasteiger partial charge < -0.3 is 10.0 Å². The number of halogens is 2. The van der Waals surface area contributed by atoms with Gasteiger partial charge in [0.2, 0.25) is 0 Å². The third-order valence-corrected chi connectivity index (χ3v) is 3.59. The molecule has 1 unspecified atom stereocenters. The molecule has 102 valence electrons. The second-order valence-electron chi connectivity index (χ2n) is 4.36. The van der Waals surface area contributed by atoms with Crippen LogP contribution in [0.2, 0.25) is 10.3 Å². The molecule has 1 aromatic heterocycles. The standard InChI is InChI=1S/C12H12Cl2N2O3/c13-9-4-3-8(11(14)15-9)12(19)16-5-1-2-7(16)6-10(17)18/h3-4,7H,1-2,5-6H2,(H,17,18). The number of carbonyl (C=O) groups is 2. The number of carboxylic acid groups (broad SMARTS) is 1. The number of rotatable bonds is 3. The van der Waals surface area contributed by atoms with E-state index in [1.54, 1.807) is 4.90 Å². The molecule has 19 heavy (non-hydrogen) atoms. The number of pyridine rings is 1. The first-order valence-corrected chi connectivity index (χ1v) is 6.59. The lowest BCUT2D eigenvalue weighted by atomic mass is 10.1. The maximum absolute atomic E-state index is 12.3. The third kappa shape index (κ3) is 3.16. The average molecular weight is 303 g/mol. The van der Waals surface area contributed by atoms with Crippen molar-refractivity contribution in [2.75, 3.05) is 6.54 Å². The van der Waals surface area contributed by atoms with Crippen LogP contribution in [0.1, 0.15) is 29.6 Å². The first kappa shape index (κ1) is 14.1. The molecule has 1 saturated heterocycles. The van der Waals surface area contributed by atoms with Gasteiger partial charge in [0.05, 0.1) is 12.0 Å². The molecule has 2 rings (SSSR count). The van der Waals surface area contributed by atoms with Crippen LogP contribution in [-0.2, 0) is 4.79 Å². The molecule has 0 aromatic carbocycles. The van der Waals surface area contributed by atoms with E-state index in [9.17, 15) is 9.59 Å². The Morgan fingerprint density at radius 2 is 2.16 bits per heavy atom. The van der Waals surface area contributed by atoms with Gasteiger partial charge in [-0.2, -0.15) is 0 Å². The number of hydrogen-bond acceptors (Lipinski definition) is 3. The van der Waals surface area contributed by atoms with Crippen LogP contribution in [0.15, 0.2) is 12.1 Å². The Kier molecular flexibility index (Phi) is 4.27. The van der Waals surface area contributed by atoms with Crippen LogP contribution in [0.4, 0.5) is 0 Å². The van der Waals surface area contributed by atoms with Crippen LogP contribution in [0.5, 0.6) is 0 Å². The number of nitrogens with zero attached hydrogens (tertiary/aromatic N) is 2. The van der Waals surface area contributed by atoms with Crippen molar-refractivity contribution in [3.63, 3.8) is 0 Å². The first-order chi connectivity index (χ1) is 8.99. The van der Waals surface area contributed by atoms with Crippen LogP contribution in [0, 0.1) is 0 Å². The van der Waals surface area contributed by atoms with Crippen LogP contribution in [0.3, 0.4) is 0 Å². The predicted molar refractivity (Wildman–Crippen MR) is 70.6 cm³/mol. The van der Waals surface area contributed by atoms with Crippen LogP contribution in [-0.4, -0.2) is 39.5 Å². The van der Waals surface area contributed by atoms with Gasteiger partial charge in [0.25, 0.3) is 5.91 Å². The molecule has 1 atom stereocenters. The van der Waals surface area contributed by atoms with Gasteiger partial charge in [-0.15, -0.1) is 0 Å². The van der Waals surface area contributed by atoms with Crippen molar-refractivity contribution >= 4 is 35.1 Å². The molecule has 0 spiro atoms. The Hall–Kier alpha value is -1.33. The van der Waals surface area contributed by atoms with Crippen molar-refractivity contribution in [2.45, 2.75) is 25.3 Å². The van der Waals surface area contributed by atoms with Crippen molar-refractivity contribution in [1.29, 1.82) is 0 Å². The van der Waals surface area contributed by atoms with Crippen molar-refractivity contribution < 1.29 is 14.7 Å². The van der Waals surface area contributed by atoms with Gasteiger partial charge in [-0.1, -0.05) is 23.2 Å². The van der Waals surface area contributed by atoms with Crippen LogP contribution >= 0.6 is 23.2 Å². The quantitative estimate of drug-likeness (QED) is 0.871. The molecule has 1 fully saturated rings. The SMILES string of the molecule is O=C(O)CC1CCCN1C(=O)c1ccc(Cl)nc1Cl. The highest BCUT2D eigenvalue weighted by atomic mass is 35.5. The summed E-state index contributed by atoms with van der Waals surface area (Å²) >= 11 is 11.6. The minimum atomic E-state index is -0.912. The molecule has 7 heteroatoms. The first-order valence-electron chi connectivity index (χ1n) is 5.84. The zero-order chi connectivity index (χ0) is 14.0. The number of aliphatic carboxylic acids is 1. The largest absolute Gasteiger partial charge is 0.481 e. The van der Waals surface area contributed by atoms with E-state index in [1.165, 1.54) is 12.1 Å². The average Bonchev–Trinajstić information content (AvgIpc) is 2.75. The lowest BCUT2D eigenvalue weighted by Crippen LogP contribution is -2.37. The summed E-state index contributed by atoms with van der Waals surface area (Å²) in [4.78, 5) is 28.5. The Morgan fingerprint density at radius 1 is 1.42 bits per heavy atom. The minimum Gasteiger partial charge on any atom is -0.481 e. The van der Waals surface area contributed by atoms with E-state index in [0.717, 1.165) is 6.42 Å². The summed E-state index contributed by atoms with van der Waals surface area (Å²) in [6.45, 7) is 0.537. The van der Waals surface area contributed by atoms with E-state index in [1.807, 2.05) is 0 Å². The fourth-order valence-corrected chi connectivity index (χ4v) is 2.67. The Morgan fingerprint density at radius 3 is 2.79 bits per heavy atom. The molecule has 1 aromatic rings. The fourth-order valence-electron chi connectivity index (χ4n) is 2.24. The van der Waals surface area contributed by atoms with Gasteiger partial charge in [0.1, 0.15) is 10.3 Å². The molecule has 0 radical (unpaired) electrons. The molecule has 0 saturated carbocycles. The molecule has 0 aliphatic carbocycles. The Labute approximate surface area is 120 Å². The molecule has 1 N–H and O–H groups in total. The lowest BCUT2D eigenvalue weighted by Gasteiger charge is -2.23. The molecular formula is C12H12Cl2N2O3. The van der Waals surface area contributed by atoms with Gasteiger partial charge in [-0.3, -0.25) is 9.59 Å². The fraction of sp³-hybridized carbons (Fsp3) is 0.417. The highest BCUT2D eigenvalue weighted by Crippen LogP contribution is 2.25. The number of aromatic nitrogens is 1. The zero-order valence-corrected chi connectivity index (χ0v) is 11.5. The number of carbonyl (C=O) groups excluding carboxylic acids is 1. The predicted octanol–water partition coefficient (Wildman–Crippen LogP) is 2.47. The molecule has 0 bridgehead atoms. The van der Waals surface area contributed by atoms with E-state index in [-0.39, 0.29) is 34.2 Å². The van der Waals surface area contributed by atoms with E-state index >= 15 is 0 Å². The van der Waals surface area contributed by atoms with E-state index in [2.05, 4.69) is 4.98 Å². The maximum atomic E-state index is 12.3. The summed E-state index contributed by atoms with van der Waals surface area (Å²) in [6.07, 6.45) is 1.43. The molecular weight excluding hydrogens is 291 g/mol. The van der Waals surface area contributed by atoms with Gasteiger partial charge >= 0.3 is 5.97 Å². The molecule has 5 nitrogen and oxygen atoms in total.